The van der Waals surface area contributed by atoms with Crippen LogP contribution in [0.5, 0.6) is 5.75 Å². The average Bonchev–Trinajstić information content (AvgIpc) is 2.46. The number of carbonyl (C=O) groups is 1. The fourth-order valence-electron chi connectivity index (χ4n) is 2.04. The number of aromatic hydroxyl groups is 1. The van der Waals surface area contributed by atoms with E-state index in [0.717, 1.165) is 6.07 Å². The van der Waals surface area contributed by atoms with Gasteiger partial charge in [-0.3, -0.25) is 14.9 Å². The molecule has 1 unspecified atom stereocenters. The second-order valence-corrected chi connectivity index (χ2v) is 4.36. The Morgan fingerprint density at radius 3 is 2.95 bits per heavy atom. The highest BCUT2D eigenvalue weighted by atomic mass is 16.6. The summed E-state index contributed by atoms with van der Waals surface area (Å²) in [6.07, 6.45) is -0.478. The van der Waals surface area contributed by atoms with Crippen LogP contribution in [0, 0.1) is 10.1 Å². The fraction of sp³-hybridized carbons (Fsp3) is 0.417. The van der Waals surface area contributed by atoms with Crippen molar-refractivity contribution in [2.45, 2.75) is 6.10 Å². The van der Waals surface area contributed by atoms with Gasteiger partial charge in [-0.2, -0.15) is 0 Å². The van der Waals surface area contributed by atoms with E-state index in [9.17, 15) is 20.0 Å². The number of morpholine rings is 1. The zero-order valence-electron chi connectivity index (χ0n) is 10.6. The molecule has 1 saturated heterocycles. The summed E-state index contributed by atoms with van der Waals surface area (Å²) >= 11 is 0. The van der Waals surface area contributed by atoms with Crippen LogP contribution in [0.25, 0.3) is 0 Å². The maximum Gasteiger partial charge on any atom is 0.311 e. The molecular weight excluding hydrogens is 268 g/mol. The molecule has 0 spiro atoms. The Morgan fingerprint density at radius 1 is 1.55 bits per heavy atom. The van der Waals surface area contributed by atoms with Crippen molar-refractivity contribution >= 4 is 11.6 Å². The average molecular weight is 282 g/mol. The number of para-hydroxylation sites is 1. The number of phenolic OH excluding ortho intramolecular Hbond substituents is 1. The van der Waals surface area contributed by atoms with Gasteiger partial charge in [0.1, 0.15) is 0 Å². The first-order valence-electron chi connectivity index (χ1n) is 6.02. The van der Waals surface area contributed by atoms with Gasteiger partial charge < -0.3 is 19.8 Å². The van der Waals surface area contributed by atoms with Gasteiger partial charge in [0.05, 0.1) is 29.8 Å². The molecule has 108 valence electrons. The molecule has 8 heteroatoms. The lowest BCUT2D eigenvalue weighted by molar-refractivity contribution is -0.385. The van der Waals surface area contributed by atoms with Crippen molar-refractivity contribution in [3.05, 3.63) is 33.9 Å². The van der Waals surface area contributed by atoms with Gasteiger partial charge in [0.15, 0.2) is 0 Å². The van der Waals surface area contributed by atoms with Crippen LogP contribution in [-0.4, -0.2) is 58.4 Å². The topological polar surface area (TPSA) is 113 Å². The van der Waals surface area contributed by atoms with Crippen molar-refractivity contribution in [3.63, 3.8) is 0 Å². The van der Waals surface area contributed by atoms with E-state index < -0.39 is 28.4 Å². The number of aliphatic hydroxyl groups is 1. The molecule has 0 bridgehead atoms. The molecule has 1 atom stereocenters. The molecule has 20 heavy (non-hydrogen) atoms. The number of phenols is 1. The fourth-order valence-corrected chi connectivity index (χ4v) is 2.04. The minimum Gasteiger partial charge on any atom is -0.502 e. The summed E-state index contributed by atoms with van der Waals surface area (Å²) in [5.74, 6) is -1.16. The lowest BCUT2D eigenvalue weighted by atomic mass is 10.1. The van der Waals surface area contributed by atoms with Crippen molar-refractivity contribution in [1.82, 2.24) is 4.90 Å². The minimum absolute atomic E-state index is 0.127. The molecule has 0 aliphatic carbocycles. The van der Waals surface area contributed by atoms with E-state index in [4.69, 9.17) is 9.84 Å². The van der Waals surface area contributed by atoms with Crippen LogP contribution in [0.4, 0.5) is 5.69 Å². The maximum atomic E-state index is 12.3. The second-order valence-electron chi connectivity index (χ2n) is 4.36. The molecule has 0 radical (unpaired) electrons. The Hall–Kier alpha value is -2.19. The quantitative estimate of drug-likeness (QED) is 0.602. The molecule has 1 aromatic carbocycles. The van der Waals surface area contributed by atoms with Gasteiger partial charge >= 0.3 is 5.69 Å². The highest BCUT2D eigenvalue weighted by Crippen LogP contribution is 2.30. The van der Waals surface area contributed by atoms with Gasteiger partial charge in [0.25, 0.3) is 5.91 Å². The van der Waals surface area contributed by atoms with Crippen LogP contribution in [0.3, 0.4) is 0 Å². The van der Waals surface area contributed by atoms with Gasteiger partial charge in [-0.25, -0.2) is 0 Å². The maximum absolute atomic E-state index is 12.3. The molecule has 0 aromatic heterocycles. The first-order chi connectivity index (χ1) is 9.54. The van der Waals surface area contributed by atoms with E-state index in [1.54, 1.807) is 0 Å². The number of ether oxygens (including phenoxy) is 1. The van der Waals surface area contributed by atoms with Crippen molar-refractivity contribution in [2.75, 3.05) is 26.3 Å². The number of carbonyl (C=O) groups excluding carboxylic acids is 1. The summed E-state index contributed by atoms with van der Waals surface area (Å²) in [7, 11) is 0. The summed E-state index contributed by atoms with van der Waals surface area (Å²) in [6.45, 7) is 0.534. The highest BCUT2D eigenvalue weighted by molar-refractivity contribution is 5.98. The molecule has 1 amide bonds. The third-order valence-corrected chi connectivity index (χ3v) is 3.07. The second kappa shape index (κ2) is 5.85. The SMILES string of the molecule is O=C(c1cccc([N+](=O)[O-])c1O)N1CCOC(CO)C1. The number of nitro benzene ring substituents is 1. The van der Waals surface area contributed by atoms with Crippen molar-refractivity contribution in [3.8, 4) is 5.75 Å². The number of amides is 1. The van der Waals surface area contributed by atoms with Crippen LogP contribution in [0.2, 0.25) is 0 Å². The first kappa shape index (κ1) is 14.2. The molecular formula is C12H14N2O6. The van der Waals surface area contributed by atoms with Crippen LogP contribution in [-0.2, 0) is 4.74 Å². The summed E-state index contributed by atoms with van der Waals surface area (Å²) in [4.78, 5) is 23.6. The number of rotatable bonds is 3. The van der Waals surface area contributed by atoms with Crippen LogP contribution >= 0.6 is 0 Å². The van der Waals surface area contributed by atoms with Gasteiger partial charge in [-0.15, -0.1) is 0 Å². The standard InChI is InChI=1S/C12H14N2O6/c15-7-8-6-13(4-5-20-8)12(17)9-2-1-3-10(11(9)16)14(18)19/h1-3,8,15-16H,4-7H2. The van der Waals surface area contributed by atoms with E-state index in [1.807, 2.05) is 0 Å². The molecule has 1 aliphatic rings. The summed E-state index contributed by atoms with van der Waals surface area (Å²) in [5, 5.41) is 29.6. The number of nitrogens with zero attached hydrogens (tertiary/aromatic N) is 2. The summed E-state index contributed by atoms with van der Waals surface area (Å²) in [5.41, 5.74) is -0.638. The normalized spacial score (nSPS) is 18.9. The predicted octanol–water partition coefficient (Wildman–Crippen LogP) is 0.134. The predicted molar refractivity (Wildman–Crippen MR) is 67.5 cm³/mol. The third-order valence-electron chi connectivity index (χ3n) is 3.07. The van der Waals surface area contributed by atoms with Gasteiger partial charge in [-0.1, -0.05) is 6.07 Å². The number of aliphatic hydroxyl groups excluding tert-OH is 1. The molecule has 2 N–H and O–H groups in total. The van der Waals surface area contributed by atoms with Crippen LogP contribution in [0.1, 0.15) is 10.4 Å². The van der Waals surface area contributed by atoms with Crippen LogP contribution in [0.15, 0.2) is 18.2 Å². The van der Waals surface area contributed by atoms with Gasteiger partial charge in [0.2, 0.25) is 5.75 Å². The first-order valence-corrected chi connectivity index (χ1v) is 6.02. The van der Waals surface area contributed by atoms with E-state index in [1.165, 1.54) is 17.0 Å². The zero-order valence-corrected chi connectivity index (χ0v) is 10.6. The van der Waals surface area contributed by atoms with Gasteiger partial charge in [-0.05, 0) is 6.07 Å². The Kier molecular flexibility index (Phi) is 4.16. The summed E-state index contributed by atoms with van der Waals surface area (Å²) < 4.78 is 5.22. The lowest BCUT2D eigenvalue weighted by Crippen LogP contribution is -2.46. The van der Waals surface area contributed by atoms with E-state index >= 15 is 0 Å². The lowest BCUT2D eigenvalue weighted by Gasteiger charge is -2.32. The molecule has 2 rings (SSSR count). The Balaban J connectivity index is 2.25. The molecule has 1 aliphatic heterocycles. The van der Waals surface area contributed by atoms with E-state index in [-0.39, 0.29) is 25.3 Å². The number of nitro groups is 1. The number of hydrogen-bond acceptors (Lipinski definition) is 6. The van der Waals surface area contributed by atoms with Crippen LogP contribution < -0.4 is 0 Å². The number of benzene rings is 1. The van der Waals surface area contributed by atoms with Crippen molar-refractivity contribution in [2.24, 2.45) is 0 Å². The monoisotopic (exact) mass is 282 g/mol. The summed E-state index contributed by atoms with van der Waals surface area (Å²) in [6, 6.07) is 3.80. The number of hydrogen-bond donors (Lipinski definition) is 2. The van der Waals surface area contributed by atoms with Crippen molar-refractivity contribution in [1.29, 1.82) is 0 Å². The van der Waals surface area contributed by atoms with E-state index in [0.29, 0.717) is 6.54 Å². The van der Waals surface area contributed by atoms with E-state index in [2.05, 4.69) is 0 Å². The molecule has 1 heterocycles. The zero-order chi connectivity index (χ0) is 14.7. The molecule has 1 fully saturated rings. The molecule has 8 nitrogen and oxygen atoms in total. The highest BCUT2D eigenvalue weighted by Gasteiger charge is 2.28. The Labute approximate surface area is 114 Å². The smallest absolute Gasteiger partial charge is 0.311 e. The molecule has 1 aromatic rings. The Morgan fingerprint density at radius 2 is 2.30 bits per heavy atom. The third kappa shape index (κ3) is 2.70. The largest absolute Gasteiger partial charge is 0.502 e. The van der Waals surface area contributed by atoms with Gasteiger partial charge in [0, 0.05) is 19.2 Å². The van der Waals surface area contributed by atoms with Crippen molar-refractivity contribution < 1.29 is 24.7 Å². The minimum atomic E-state index is -0.748. The Bertz CT molecular complexity index is 533. The molecule has 0 saturated carbocycles.